The Morgan fingerprint density at radius 1 is 1.29 bits per heavy atom. The van der Waals surface area contributed by atoms with Gasteiger partial charge in [-0.15, -0.1) is 0 Å². The summed E-state index contributed by atoms with van der Waals surface area (Å²) in [5.41, 5.74) is 0.436. The lowest BCUT2D eigenvalue weighted by Gasteiger charge is -2.42. The Kier molecular flexibility index (Phi) is 8.23. The molecule has 0 spiro atoms. The quantitative estimate of drug-likeness (QED) is 0.452. The number of hydrogen-bond acceptors (Lipinski definition) is 7. The summed E-state index contributed by atoms with van der Waals surface area (Å²) in [6.45, 7) is 4.71. The molecule has 2 aliphatic rings. The lowest BCUT2D eigenvalue weighted by molar-refractivity contribution is -0.192. The van der Waals surface area contributed by atoms with Crippen LogP contribution in [0.4, 0.5) is 17.6 Å². The average molecular weight is 562 g/mol. The van der Waals surface area contributed by atoms with Gasteiger partial charge in [0.1, 0.15) is 28.9 Å². The monoisotopic (exact) mass is 561 g/mol. The van der Waals surface area contributed by atoms with E-state index in [0.717, 1.165) is 12.8 Å². The predicted octanol–water partition coefficient (Wildman–Crippen LogP) is 3.72. The van der Waals surface area contributed by atoms with Gasteiger partial charge in [-0.25, -0.2) is 18.9 Å². The van der Waals surface area contributed by atoms with Crippen molar-refractivity contribution in [1.82, 2.24) is 24.6 Å². The second-order valence-corrected chi connectivity index (χ2v) is 9.28. The maximum Gasteiger partial charge on any atom is 0.490 e. The fourth-order valence-corrected chi connectivity index (χ4v) is 4.29. The third kappa shape index (κ3) is 6.25. The molecule has 1 aromatic carbocycles. The number of aliphatic carboxylic acids is 1. The van der Waals surface area contributed by atoms with Gasteiger partial charge in [-0.1, -0.05) is 11.6 Å². The maximum absolute atomic E-state index is 13.3. The zero-order valence-corrected chi connectivity index (χ0v) is 20.8. The summed E-state index contributed by atoms with van der Waals surface area (Å²) in [4.78, 5) is 31.4. The van der Waals surface area contributed by atoms with E-state index >= 15 is 0 Å². The molecule has 3 aromatic rings. The Morgan fingerprint density at radius 3 is 2.55 bits per heavy atom. The van der Waals surface area contributed by atoms with E-state index in [-0.39, 0.29) is 28.8 Å². The number of nitrogens with one attached hydrogen (secondary N) is 1. The van der Waals surface area contributed by atoms with Crippen LogP contribution in [0, 0.1) is 5.82 Å². The number of fused-ring (bicyclic) bond motifs is 1. The highest BCUT2D eigenvalue weighted by Crippen LogP contribution is 2.29. The second kappa shape index (κ2) is 11.3. The molecule has 5 rings (SSSR count). The number of carboxylic acids is 1. The van der Waals surface area contributed by atoms with Crippen molar-refractivity contribution in [1.29, 1.82) is 0 Å². The van der Waals surface area contributed by atoms with Gasteiger partial charge in [0.25, 0.3) is 5.56 Å². The van der Waals surface area contributed by atoms with Crippen molar-refractivity contribution in [2.24, 2.45) is 0 Å². The fourth-order valence-electron chi connectivity index (χ4n) is 4.12. The van der Waals surface area contributed by atoms with Crippen molar-refractivity contribution in [3.63, 3.8) is 0 Å². The molecule has 1 unspecified atom stereocenters. The number of alkyl halides is 3. The molecule has 38 heavy (non-hydrogen) atoms. The summed E-state index contributed by atoms with van der Waals surface area (Å²) in [6, 6.07) is 4.44. The molecule has 15 heteroatoms. The van der Waals surface area contributed by atoms with Crippen LogP contribution in [0.25, 0.3) is 11.0 Å². The molecule has 10 nitrogen and oxygen atoms in total. The lowest BCUT2D eigenvalue weighted by atomic mass is 10.1. The number of aromatic amines is 1. The van der Waals surface area contributed by atoms with Crippen LogP contribution >= 0.6 is 11.6 Å². The van der Waals surface area contributed by atoms with Crippen LogP contribution in [0.3, 0.4) is 0 Å². The SMILES string of the molecule is CC(c1nc2c(cnn2C2CCOCC2)c(=O)[nH]1)N1CC(Oc2ccc(F)c(Cl)c2)C1.O=C(O)C(F)(F)F. The number of benzene rings is 1. The minimum atomic E-state index is -5.08. The van der Waals surface area contributed by atoms with Gasteiger partial charge >= 0.3 is 12.1 Å². The van der Waals surface area contributed by atoms with Gasteiger partial charge in [-0.05, 0) is 31.9 Å². The number of hydrogen-bond donors (Lipinski definition) is 2. The number of halogens is 5. The number of H-pyrrole nitrogens is 1. The predicted molar refractivity (Wildman–Crippen MR) is 127 cm³/mol. The summed E-state index contributed by atoms with van der Waals surface area (Å²) < 4.78 is 58.2. The van der Waals surface area contributed by atoms with Gasteiger partial charge in [-0.3, -0.25) is 9.69 Å². The standard InChI is InChI=1S/C21H23ClFN5O3.C2HF3O2/c1-12(27-10-15(11-27)31-14-2-3-18(23)17(22)8-14)19-25-20-16(21(29)26-19)9-24-28(20)13-4-6-30-7-5-13;3-2(4,5)1(6)7/h2-3,8-9,12-13,15H,4-7,10-11H2,1H3,(H,25,26,29);(H,6,7). The van der Waals surface area contributed by atoms with Crippen molar-refractivity contribution in [3.8, 4) is 5.75 Å². The zero-order chi connectivity index (χ0) is 27.6. The van der Waals surface area contributed by atoms with E-state index in [1.54, 1.807) is 12.3 Å². The average Bonchev–Trinajstić information content (AvgIpc) is 3.28. The molecule has 0 radical (unpaired) electrons. The van der Waals surface area contributed by atoms with Crippen molar-refractivity contribution in [2.75, 3.05) is 26.3 Å². The highest BCUT2D eigenvalue weighted by Gasteiger charge is 2.38. The largest absolute Gasteiger partial charge is 0.490 e. The number of likely N-dealkylation sites (tertiary alicyclic amines) is 1. The van der Waals surface area contributed by atoms with Crippen LogP contribution in [0.15, 0.2) is 29.2 Å². The van der Waals surface area contributed by atoms with Gasteiger partial charge in [0, 0.05) is 32.4 Å². The summed E-state index contributed by atoms with van der Waals surface area (Å²) in [7, 11) is 0. The van der Waals surface area contributed by atoms with Crippen LogP contribution in [0.2, 0.25) is 5.02 Å². The first-order chi connectivity index (χ1) is 17.9. The minimum Gasteiger partial charge on any atom is -0.488 e. The number of aromatic nitrogens is 4. The van der Waals surface area contributed by atoms with Gasteiger partial charge in [0.2, 0.25) is 0 Å². The van der Waals surface area contributed by atoms with Gasteiger partial charge in [0.15, 0.2) is 5.65 Å². The Hall–Kier alpha value is -3.23. The number of carboxylic acid groups (broad SMARTS) is 1. The van der Waals surface area contributed by atoms with Gasteiger partial charge in [-0.2, -0.15) is 18.3 Å². The maximum atomic E-state index is 13.3. The lowest BCUT2D eigenvalue weighted by Crippen LogP contribution is -2.54. The summed E-state index contributed by atoms with van der Waals surface area (Å²) in [6.07, 6.45) is -1.82. The highest BCUT2D eigenvalue weighted by molar-refractivity contribution is 6.30. The molecular formula is C23H24ClF4N5O5. The molecule has 2 aromatic heterocycles. The fraction of sp³-hybridized carbons (Fsp3) is 0.478. The van der Waals surface area contributed by atoms with Crippen LogP contribution < -0.4 is 10.3 Å². The first-order valence-corrected chi connectivity index (χ1v) is 12.0. The molecule has 2 fully saturated rings. The molecular weight excluding hydrogens is 538 g/mol. The molecule has 2 aliphatic heterocycles. The number of rotatable bonds is 5. The van der Waals surface area contributed by atoms with E-state index in [1.807, 2.05) is 11.6 Å². The molecule has 2 N–H and O–H groups in total. The van der Waals surface area contributed by atoms with Crippen molar-refractivity contribution >= 4 is 28.6 Å². The Labute approximate surface area is 218 Å². The summed E-state index contributed by atoms with van der Waals surface area (Å²) in [5.74, 6) is -2.08. The van der Waals surface area contributed by atoms with Gasteiger partial charge < -0.3 is 19.6 Å². The number of nitrogens with zero attached hydrogens (tertiary/aromatic N) is 4. The van der Waals surface area contributed by atoms with Gasteiger partial charge in [0.05, 0.1) is 23.3 Å². The van der Waals surface area contributed by atoms with E-state index in [1.165, 1.54) is 12.1 Å². The van der Waals surface area contributed by atoms with Crippen LogP contribution in [0.1, 0.15) is 37.7 Å². The van der Waals surface area contributed by atoms with E-state index in [4.69, 9.17) is 36.0 Å². The summed E-state index contributed by atoms with van der Waals surface area (Å²) in [5, 5.41) is 12.1. The third-order valence-corrected chi connectivity index (χ3v) is 6.56. The minimum absolute atomic E-state index is 0.0350. The molecule has 2 saturated heterocycles. The summed E-state index contributed by atoms with van der Waals surface area (Å²) >= 11 is 5.82. The van der Waals surface area contributed by atoms with E-state index in [0.29, 0.717) is 48.9 Å². The van der Waals surface area contributed by atoms with Crippen molar-refractivity contribution < 1.29 is 36.9 Å². The first-order valence-electron chi connectivity index (χ1n) is 11.6. The second-order valence-electron chi connectivity index (χ2n) is 8.87. The van der Waals surface area contributed by atoms with Crippen LogP contribution in [-0.2, 0) is 9.53 Å². The topological polar surface area (TPSA) is 123 Å². The Bertz CT molecular complexity index is 1350. The zero-order valence-electron chi connectivity index (χ0n) is 20.0. The third-order valence-electron chi connectivity index (χ3n) is 6.27. The molecule has 1 atom stereocenters. The number of carbonyl (C=O) groups is 1. The number of ether oxygens (including phenoxy) is 2. The molecule has 0 saturated carbocycles. The van der Waals surface area contributed by atoms with E-state index in [9.17, 15) is 22.4 Å². The van der Waals surface area contributed by atoms with Crippen molar-refractivity contribution in [2.45, 2.75) is 44.1 Å². The Morgan fingerprint density at radius 2 is 1.95 bits per heavy atom. The van der Waals surface area contributed by atoms with Crippen molar-refractivity contribution in [3.05, 3.63) is 51.4 Å². The normalized spacial score (nSPS) is 17.9. The van der Waals surface area contributed by atoms with E-state index in [2.05, 4.69) is 15.0 Å². The molecule has 206 valence electrons. The first kappa shape index (κ1) is 27.8. The smallest absolute Gasteiger partial charge is 0.488 e. The highest BCUT2D eigenvalue weighted by atomic mass is 35.5. The molecule has 0 aliphatic carbocycles. The van der Waals surface area contributed by atoms with E-state index < -0.39 is 18.0 Å². The van der Waals surface area contributed by atoms with Crippen LogP contribution in [0.5, 0.6) is 5.75 Å². The molecule has 0 bridgehead atoms. The van der Waals surface area contributed by atoms with Crippen LogP contribution in [-0.4, -0.2) is 74.3 Å². The Balaban J connectivity index is 0.000000426. The molecule has 4 heterocycles. The molecule has 0 amide bonds.